The van der Waals surface area contributed by atoms with Crippen LogP contribution in [0.15, 0.2) is 11.1 Å². The molecule has 3 nitrogen and oxygen atoms in total. The third-order valence-corrected chi connectivity index (χ3v) is 1.93. The van der Waals surface area contributed by atoms with E-state index in [1.165, 1.54) is 12.5 Å². The maximum absolute atomic E-state index is 11.0. The summed E-state index contributed by atoms with van der Waals surface area (Å²) in [6.07, 6.45) is 0.745. The van der Waals surface area contributed by atoms with Gasteiger partial charge >= 0.3 is 5.97 Å². The molecule has 0 fully saturated rings. The van der Waals surface area contributed by atoms with Gasteiger partial charge in [0, 0.05) is 0 Å². The highest BCUT2D eigenvalue weighted by molar-refractivity contribution is 5.94. The molecule has 0 aliphatic carbocycles. The van der Waals surface area contributed by atoms with Gasteiger partial charge in [-0.05, 0) is 32.8 Å². The van der Waals surface area contributed by atoms with Crippen LogP contribution in [0.5, 0.6) is 0 Å². The van der Waals surface area contributed by atoms with E-state index < -0.39 is 5.97 Å². The molecule has 0 unspecified atom stereocenters. The molecule has 0 bridgehead atoms. The third-order valence-electron chi connectivity index (χ3n) is 1.93. The number of ether oxygens (including phenoxy) is 1. The predicted octanol–water partition coefficient (Wildman–Crippen LogP) is 2.26. The summed E-state index contributed by atoms with van der Waals surface area (Å²) < 4.78 is 4.95. The minimum absolute atomic E-state index is 0.125. The van der Waals surface area contributed by atoms with Gasteiger partial charge < -0.3 is 4.74 Å². The Morgan fingerprint density at radius 1 is 1.14 bits per heavy atom. The molecule has 0 atom stereocenters. The van der Waals surface area contributed by atoms with E-state index in [9.17, 15) is 9.59 Å². The Kier molecular flexibility index (Phi) is 5.84. The van der Waals surface area contributed by atoms with E-state index in [1.807, 2.05) is 20.8 Å². The first-order valence-corrected chi connectivity index (χ1v) is 4.77. The zero-order valence-corrected chi connectivity index (χ0v) is 9.35. The zero-order valence-electron chi connectivity index (χ0n) is 9.35. The largest absolute Gasteiger partial charge is 0.461 e. The molecule has 0 spiro atoms. The van der Waals surface area contributed by atoms with Crippen LogP contribution in [-0.4, -0.2) is 18.4 Å². The number of hydrogen-bond donors (Lipinski definition) is 0. The van der Waals surface area contributed by atoms with Gasteiger partial charge in [-0.25, -0.2) is 0 Å². The number of carbonyl (C=O) groups is 2. The highest BCUT2D eigenvalue weighted by atomic mass is 16.5. The number of ketones is 1. The van der Waals surface area contributed by atoms with Crippen LogP contribution in [0.4, 0.5) is 0 Å². The van der Waals surface area contributed by atoms with Crippen LogP contribution >= 0.6 is 0 Å². The van der Waals surface area contributed by atoms with Crippen LogP contribution in [0.1, 0.15) is 40.5 Å². The second-order valence-corrected chi connectivity index (χ2v) is 3.50. The SMILES string of the molecule is CCC(COC(=O)CC(C)=O)=C(C)C. The highest BCUT2D eigenvalue weighted by Gasteiger charge is 2.07. The molecule has 0 aliphatic heterocycles. The smallest absolute Gasteiger partial charge is 0.313 e. The molecule has 0 aromatic heterocycles. The van der Waals surface area contributed by atoms with Gasteiger partial charge in [0.25, 0.3) is 0 Å². The van der Waals surface area contributed by atoms with Crippen LogP contribution in [0.2, 0.25) is 0 Å². The average molecular weight is 198 g/mol. The van der Waals surface area contributed by atoms with Gasteiger partial charge in [-0.1, -0.05) is 12.5 Å². The second kappa shape index (κ2) is 6.35. The maximum Gasteiger partial charge on any atom is 0.313 e. The molecule has 0 heterocycles. The average Bonchev–Trinajstić information content (AvgIpc) is 2.03. The summed E-state index contributed by atoms with van der Waals surface area (Å²) in [5, 5.41) is 0. The van der Waals surface area contributed by atoms with E-state index in [0.29, 0.717) is 6.61 Å². The number of rotatable bonds is 5. The Morgan fingerprint density at radius 3 is 2.07 bits per heavy atom. The minimum Gasteiger partial charge on any atom is -0.461 e. The summed E-state index contributed by atoms with van der Waals surface area (Å²) in [5.74, 6) is -0.602. The molecule has 0 amide bonds. The Morgan fingerprint density at radius 2 is 1.71 bits per heavy atom. The van der Waals surface area contributed by atoms with Crippen LogP contribution in [-0.2, 0) is 14.3 Å². The molecule has 0 aliphatic rings. The molecule has 3 heteroatoms. The summed E-state index contributed by atoms with van der Waals surface area (Å²) in [5.41, 5.74) is 2.28. The molecule has 80 valence electrons. The van der Waals surface area contributed by atoms with Gasteiger partial charge in [0.15, 0.2) is 0 Å². The maximum atomic E-state index is 11.0. The zero-order chi connectivity index (χ0) is 11.1. The van der Waals surface area contributed by atoms with E-state index >= 15 is 0 Å². The molecule has 0 rings (SSSR count). The summed E-state index contributed by atoms with van der Waals surface area (Å²) in [6.45, 7) is 7.67. The molecule has 14 heavy (non-hydrogen) atoms. The van der Waals surface area contributed by atoms with Crippen LogP contribution in [0, 0.1) is 0 Å². The lowest BCUT2D eigenvalue weighted by Crippen LogP contribution is -2.11. The van der Waals surface area contributed by atoms with Crippen molar-refractivity contribution >= 4 is 11.8 Å². The molecule has 0 aromatic carbocycles. The van der Waals surface area contributed by atoms with Gasteiger partial charge in [-0.15, -0.1) is 0 Å². The van der Waals surface area contributed by atoms with Crippen molar-refractivity contribution in [2.75, 3.05) is 6.61 Å². The van der Waals surface area contributed by atoms with Gasteiger partial charge in [-0.3, -0.25) is 9.59 Å². The third kappa shape index (κ3) is 5.51. The molecule has 0 N–H and O–H groups in total. The number of hydrogen-bond acceptors (Lipinski definition) is 3. The summed E-state index contributed by atoms with van der Waals surface area (Å²) in [7, 11) is 0. The fourth-order valence-electron chi connectivity index (χ4n) is 1.02. The first-order valence-electron chi connectivity index (χ1n) is 4.77. The Bertz CT molecular complexity index is 247. The second-order valence-electron chi connectivity index (χ2n) is 3.50. The van der Waals surface area contributed by atoms with Gasteiger partial charge in [-0.2, -0.15) is 0 Å². The van der Waals surface area contributed by atoms with Gasteiger partial charge in [0.1, 0.15) is 18.8 Å². The van der Waals surface area contributed by atoms with Gasteiger partial charge in [0.2, 0.25) is 0 Å². The lowest BCUT2D eigenvalue weighted by Gasteiger charge is -2.07. The Balaban J connectivity index is 3.99. The van der Waals surface area contributed by atoms with E-state index in [0.717, 1.165) is 12.0 Å². The lowest BCUT2D eigenvalue weighted by atomic mass is 10.1. The predicted molar refractivity (Wildman–Crippen MR) is 54.9 cm³/mol. The van der Waals surface area contributed by atoms with E-state index in [2.05, 4.69) is 0 Å². The summed E-state index contributed by atoms with van der Waals surface area (Å²) >= 11 is 0. The topological polar surface area (TPSA) is 43.4 Å². The normalized spacial score (nSPS) is 9.43. The summed E-state index contributed by atoms with van der Waals surface area (Å²) in [6, 6.07) is 0. The van der Waals surface area contributed by atoms with Crippen molar-refractivity contribution in [2.45, 2.75) is 40.5 Å². The van der Waals surface area contributed by atoms with Crippen molar-refractivity contribution in [3.05, 3.63) is 11.1 Å². The molecule has 0 saturated heterocycles. The van der Waals surface area contributed by atoms with E-state index in [-0.39, 0.29) is 12.2 Å². The number of Topliss-reactive ketones (excluding diaryl/α,β-unsaturated/α-hetero) is 1. The van der Waals surface area contributed by atoms with Crippen LogP contribution in [0.25, 0.3) is 0 Å². The molecule has 0 radical (unpaired) electrons. The van der Waals surface area contributed by atoms with Crippen molar-refractivity contribution in [3.8, 4) is 0 Å². The minimum atomic E-state index is -0.440. The Hall–Kier alpha value is -1.12. The molecular weight excluding hydrogens is 180 g/mol. The highest BCUT2D eigenvalue weighted by Crippen LogP contribution is 2.08. The van der Waals surface area contributed by atoms with Crippen molar-refractivity contribution in [2.24, 2.45) is 0 Å². The Labute approximate surface area is 85.1 Å². The van der Waals surface area contributed by atoms with E-state index in [1.54, 1.807) is 0 Å². The molecular formula is C11H18O3. The van der Waals surface area contributed by atoms with Crippen molar-refractivity contribution < 1.29 is 14.3 Å². The van der Waals surface area contributed by atoms with Crippen LogP contribution < -0.4 is 0 Å². The lowest BCUT2D eigenvalue weighted by molar-refractivity contribution is -0.144. The molecule has 0 aromatic rings. The van der Waals surface area contributed by atoms with Crippen molar-refractivity contribution in [3.63, 3.8) is 0 Å². The van der Waals surface area contributed by atoms with Gasteiger partial charge in [0.05, 0.1) is 0 Å². The summed E-state index contributed by atoms with van der Waals surface area (Å²) in [4.78, 5) is 21.6. The van der Waals surface area contributed by atoms with Crippen molar-refractivity contribution in [1.29, 1.82) is 0 Å². The van der Waals surface area contributed by atoms with Crippen molar-refractivity contribution in [1.82, 2.24) is 0 Å². The first kappa shape index (κ1) is 12.9. The van der Waals surface area contributed by atoms with Crippen LogP contribution in [0.3, 0.4) is 0 Å². The fraction of sp³-hybridized carbons (Fsp3) is 0.636. The van der Waals surface area contributed by atoms with E-state index in [4.69, 9.17) is 4.74 Å². The molecule has 0 saturated carbocycles. The number of allylic oxidation sites excluding steroid dienone is 1. The first-order chi connectivity index (χ1) is 6.47. The standard InChI is InChI=1S/C11H18O3/c1-5-10(8(2)3)7-14-11(13)6-9(4)12/h5-7H2,1-4H3. The number of carbonyl (C=O) groups excluding carboxylic acids is 2. The number of esters is 1. The monoisotopic (exact) mass is 198 g/mol. The quantitative estimate of drug-likeness (QED) is 0.386. The fourth-order valence-corrected chi connectivity index (χ4v) is 1.02.